The van der Waals surface area contributed by atoms with Crippen LogP contribution in [0.3, 0.4) is 0 Å². The molecular formula is C10H19N. The van der Waals surface area contributed by atoms with Gasteiger partial charge in [0, 0.05) is 11.1 Å². The van der Waals surface area contributed by atoms with E-state index in [-0.39, 0.29) is 5.41 Å². The Kier molecular flexibility index (Phi) is 3.03. The van der Waals surface area contributed by atoms with Crippen LogP contribution in [0.2, 0.25) is 0 Å². The second kappa shape index (κ2) is 3.21. The standard InChI is InChI=1S/C10H19N/c1-7(2)8(3)9(11)10(4,5)6/h11H,1-6H3. The molecule has 0 atom stereocenters. The van der Waals surface area contributed by atoms with Crippen LogP contribution < -0.4 is 0 Å². The summed E-state index contributed by atoms with van der Waals surface area (Å²) in [5, 5.41) is 7.82. The molecule has 0 heterocycles. The minimum atomic E-state index is -0.0125. The minimum Gasteiger partial charge on any atom is -0.304 e. The maximum atomic E-state index is 7.82. The van der Waals surface area contributed by atoms with E-state index in [0.29, 0.717) is 0 Å². The summed E-state index contributed by atoms with van der Waals surface area (Å²) in [6, 6.07) is 0. The van der Waals surface area contributed by atoms with Gasteiger partial charge in [0.05, 0.1) is 0 Å². The molecule has 0 aliphatic rings. The summed E-state index contributed by atoms with van der Waals surface area (Å²) in [5.41, 5.74) is 3.10. The van der Waals surface area contributed by atoms with Gasteiger partial charge in [-0.15, -0.1) is 0 Å². The van der Waals surface area contributed by atoms with Crippen LogP contribution in [-0.2, 0) is 0 Å². The van der Waals surface area contributed by atoms with Crippen LogP contribution in [0.25, 0.3) is 0 Å². The molecule has 1 N–H and O–H groups in total. The van der Waals surface area contributed by atoms with Crippen molar-refractivity contribution in [2.75, 3.05) is 0 Å². The van der Waals surface area contributed by atoms with E-state index in [2.05, 4.69) is 34.6 Å². The zero-order valence-corrected chi connectivity index (χ0v) is 8.50. The fraction of sp³-hybridized carbons (Fsp3) is 0.700. The topological polar surface area (TPSA) is 23.9 Å². The summed E-state index contributed by atoms with van der Waals surface area (Å²) in [6.45, 7) is 12.3. The Balaban J connectivity index is 4.67. The van der Waals surface area contributed by atoms with Crippen LogP contribution in [0.15, 0.2) is 11.1 Å². The Hall–Kier alpha value is -0.590. The van der Waals surface area contributed by atoms with Crippen molar-refractivity contribution >= 4 is 5.71 Å². The first kappa shape index (κ1) is 10.4. The molecule has 0 aliphatic carbocycles. The molecule has 0 saturated carbocycles. The molecule has 1 heteroatoms. The van der Waals surface area contributed by atoms with Gasteiger partial charge in [-0.05, 0) is 26.3 Å². The average Bonchev–Trinajstić information content (AvgIpc) is 1.82. The molecule has 0 bridgehead atoms. The van der Waals surface area contributed by atoms with Crippen molar-refractivity contribution in [3.63, 3.8) is 0 Å². The molecule has 0 aliphatic heterocycles. The van der Waals surface area contributed by atoms with E-state index in [1.165, 1.54) is 5.57 Å². The van der Waals surface area contributed by atoms with Gasteiger partial charge in [-0.2, -0.15) is 0 Å². The Bertz CT molecular complexity index is 187. The Morgan fingerprint density at radius 2 is 1.36 bits per heavy atom. The van der Waals surface area contributed by atoms with Gasteiger partial charge in [0.15, 0.2) is 0 Å². The fourth-order valence-corrected chi connectivity index (χ4v) is 0.812. The van der Waals surface area contributed by atoms with Crippen molar-refractivity contribution in [3.8, 4) is 0 Å². The first-order valence-corrected chi connectivity index (χ1v) is 4.00. The second-order valence-corrected chi connectivity index (χ2v) is 4.25. The third-order valence-electron chi connectivity index (χ3n) is 1.88. The predicted molar refractivity (Wildman–Crippen MR) is 51.2 cm³/mol. The van der Waals surface area contributed by atoms with Crippen molar-refractivity contribution < 1.29 is 0 Å². The Morgan fingerprint density at radius 1 is 1.00 bits per heavy atom. The van der Waals surface area contributed by atoms with Crippen molar-refractivity contribution in [1.29, 1.82) is 5.41 Å². The van der Waals surface area contributed by atoms with Gasteiger partial charge < -0.3 is 5.41 Å². The Morgan fingerprint density at radius 3 is 1.45 bits per heavy atom. The van der Waals surface area contributed by atoms with Crippen LogP contribution in [-0.4, -0.2) is 5.71 Å². The molecule has 0 spiro atoms. The van der Waals surface area contributed by atoms with E-state index in [9.17, 15) is 0 Å². The zero-order chi connectivity index (χ0) is 9.23. The molecule has 0 unspecified atom stereocenters. The van der Waals surface area contributed by atoms with Crippen molar-refractivity contribution in [3.05, 3.63) is 11.1 Å². The molecule has 11 heavy (non-hydrogen) atoms. The lowest BCUT2D eigenvalue weighted by Crippen LogP contribution is -2.20. The normalized spacial score (nSPS) is 11.1. The van der Waals surface area contributed by atoms with Gasteiger partial charge in [0.25, 0.3) is 0 Å². The lowest BCUT2D eigenvalue weighted by Gasteiger charge is -2.21. The summed E-state index contributed by atoms with van der Waals surface area (Å²) >= 11 is 0. The summed E-state index contributed by atoms with van der Waals surface area (Å²) in [6.07, 6.45) is 0. The van der Waals surface area contributed by atoms with Crippen LogP contribution in [0.5, 0.6) is 0 Å². The Labute approximate surface area is 70.0 Å². The number of allylic oxidation sites excluding steroid dienone is 2. The third kappa shape index (κ3) is 2.87. The summed E-state index contributed by atoms with van der Waals surface area (Å²) in [7, 11) is 0. The highest BCUT2D eigenvalue weighted by Crippen LogP contribution is 2.21. The van der Waals surface area contributed by atoms with E-state index in [1.54, 1.807) is 0 Å². The number of hydrogen-bond acceptors (Lipinski definition) is 1. The number of nitrogens with one attached hydrogen (secondary N) is 1. The third-order valence-corrected chi connectivity index (χ3v) is 1.88. The SMILES string of the molecule is CC(C)=C(C)C(=N)C(C)(C)C. The first-order valence-electron chi connectivity index (χ1n) is 4.00. The lowest BCUT2D eigenvalue weighted by atomic mass is 9.85. The van der Waals surface area contributed by atoms with Crippen molar-refractivity contribution in [1.82, 2.24) is 0 Å². The molecule has 0 saturated heterocycles. The van der Waals surface area contributed by atoms with Crippen LogP contribution >= 0.6 is 0 Å². The van der Waals surface area contributed by atoms with Gasteiger partial charge >= 0.3 is 0 Å². The summed E-state index contributed by atoms with van der Waals surface area (Å²) < 4.78 is 0. The maximum Gasteiger partial charge on any atom is 0.0395 e. The van der Waals surface area contributed by atoms with Crippen LogP contribution in [0.1, 0.15) is 41.5 Å². The van der Waals surface area contributed by atoms with E-state index in [1.807, 2.05) is 6.92 Å². The minimum absolute atomic E-state index is 0.0125. The van der Waals surface area contributed by atoms with Gasteiger partial charge in [-0.3, -0.25) is 0 Å². The maximum absolute atomic E-state index is 7.82. The predicted octanol–water partition coefficient (Wildman–Crippen LogP) is 3.41. The zero-order valence-electron chi connectivity index (χ0n) is 8.50. The average molecular weight is 153 g/mol. The van der Waals surface area contributed by atoms with Gasteiger partial charge in [-0.1, -0.05) is 26.3 Å². The van der Waals surface area contributed by atoms with E-state index < -0.39 is 0 Å². The molecular weight excluding hydrogens is 134 g/mol. The second-order valence-electron chi connectivity index (χ2n) is 4.25. The largest absolute Gasteiger partial charge is 0.304 e. The van der Waals surface area contributed by atoms with Crippen molar-refractivity contribution in [2.45, 2.75) is 41.5 Å². The summed E-state index contributed by atoms with van der Waals surface area (Å²) in [4.78, 5) is 0. The van der Waals surface area contributed by atoms with Gasteiger partial charge in [0.1, 0.15) is 0 Å². The number of rotatable bonds is 1. The van der Waals surface area contributed by atoms with E-state index >= 15 is 0 Å². The molecule has 0 aromatic rings. The highest BCUT2D eigenvalue weighted by atomic mass is 14.5. The quantitative estimate of drug-likeness (QED) is 0.558. The molecule has 0 radical (unpaired) electrons. The molecule has 0 fully saturated rings. The molecule has 1 nitrogen and oxygen atoms in total. The van der Waals surface area contributed by atoms with Crippen LogP contribution in [0.4, 0.5) is 0 Å². The molecule has 0 rings (SSSR count). The molecule has 64 valence electrons. The highest BCUT2D eigenvalue weighted by Gasteiger charge is 2.18. The van der Waals surface area contributed by atoms with E-state index in [4.69, 9.17) is 5.41 Å². The molecule has 0 aromatic heterocycles. The molecule has 0 aromatic carbocycles. The molecule has 0 amide bonds. The summed E-state index contributed by atoms with van der Waals surface area (Å²) in [5.74, 6) is 0. The lowest BCUT2D eigenvalue weighted by molar-refractivity contribution is 0.586. The highest BCUT2D eigenvalue weighted by molar-refractivity contribution is 6.01. The number of hydrogen-bond donors (Lipinski definition) is 1. The monoisotopic (exact) mass is 153 g/mol. The van der Waals surface area contributed by atoms with Crippen molar-refractivity contribution in [2.24, 2.45) is 5.41 Å². The fourth-order valence-electron chi connectivity index (χ4n) is 0.812. The smallest absolute Gasteiger partial charge is 0.0395 e. The van der Waals surface area contributed by atoms with Crippen LogP contribution in [0, 0.1) is 10.8 Å². The first-order chi connectivity index (χ1) is 4.76. The van der Waals surface area contributed by atoms with Gasteiger partial charge in [-0.25, -0.2) is 0 Å². The van der Waals surface area contributed by atoms with Gasteiger partial charge in [0.2, 0.25) is 0 Å². The van der Waals surface area contributed by atoms with E-state index in [0.717, 1.165) is 11.3 Å².